The molecule has 0 aliphatic carbocycles. The molecule has 0 saturated carbocycles. The van der Waals surface area contributed by atoms with Crippen molar-refractivity contribution in [2.45, 2.75) is 23.5 Å². The Morgan fingerprint density at radius 2 is 1.90 bits per heavy atom. The lowest BCUT2D eigenvalue weighted by molar-refractivity contribution is -0.123. The van der Waals surface area contributed by atoms with E-state index in [4.69, 9.17) is 4.52 Å². The van der Waals surface area contributed by atoms with Crippen LogP contribution in [0.2, 0.25) is 0 Å². The number of benzene rings is 2. The van der Waals surface area contributed by atoms with Gasteiger partial charge in [0, 0.05) is 10.5 Å². The van der Waals surface area contributed by atoms with Crippen molar-refractivity contribution < 1.29 is 14.1 Å². The Labute approximate surface area is 175 Å². The number of hydrogen-bond acceptors (Lipinski definition) is 9. The number of aromatic nitrogens is 2. The van der Waals surface area contributed by atoms with Crippen molar-refractivity contribution in [2.24, 2.45) is 10.3 Å². The number of rotatable bonds is 5. The molecule has 1 fully saturated rings. The summed E-state index contributed by atoms with van der Waals surface area (Å²) in [5, 5.41) is 13.5. The summed E-state index contributed by atoms with van der Waals surface area (Å²) in [6, 6.07) is 15.0. The average molecular weight is 420 g/mol. The van der Waals surface area contributed by atoms with E-state index >= 15 is 0 Å². The van der Waals surface area contributed by atoms with E-state index < -0.39 is 12.1 Å². The Bertz CT molecular complexity index is 1150. The van der Waals surface area contributed by atoms with Gasteiger partial charge in [-0.25, -0.2) is 4.90 Å². The summed E-state index contributed by atoms with van der Waals surface area (Å²) in [6.45, 7) is 0.0855. The van der Waals surface area contributed by atoms with Crippen molar-refractivity contribution in [2.75, 3.05) is 11.2 Å². The van der Waals surface area contributed by atoms with Gasteiger partial charge in [-0.1, -0.05) is 46.8 Å². The fourth-order valence-corrected chi connectivity index (χ4v) is 3.97. The number of carbonyl (C=O) groups excluding carboxylic acids is 2. The number of amides is 2. The van der Waals surface area contributed by atoms with Gasteiger partial charge >= 0.3 is 0 Å². The minimum atomic E-state index is -0.869. The average Bonchev–Trinajstić information content (AvgIpc) is 3.47. The number of imide groups is 1. The molecule has 0 radical (unpaired) electrons. The minimum absolute atomic E-state index is 0.0855. The highest BCUT2D eigenvalue weighted by atomic mass is 32.2. The predicted octanol–water partition coefficient (Wildman–Crippen LogP) is 2.95. The van der Waals surface area contributed by atoms with Crippen LogP contribution in [0.3, 0.4) is 0 Å². The van der Waals surface area contributed by atoms with E-state index in [2.05, 4.69) is 20.5 Å². The van der Waals surface area contributed by atoms with Gasteiger partial charge in [-0.3, -0.25) is 14.6 Å². The van der Waals surface area contributed by atoms with E-state index in [1.807, 2.05) is 54.8 Å². The van der Waals surface area contributed by atoms with Gasteiger partial charge in [0.1, 0.15) is 6.54 Å². The second-order valence-corrected chi connectivity index (χ2v) is 7.66. The first kappa shape index (κ1) is 18.5. The van der Waals surface area contributed by atoms with Gasteiger partial charge in [0.25, 0.3) is 11.8 Å². The highest BCUT2D eigenvalue weighted by molar-refractivity contribution is 7.98. The van der Waals surface area contributed by atoms with E-state index in [9.17, 15) is 9.59 Å². The first-order valence-corrected chi connectivity index (χ1v) is 10.5. The summed E-state index contributed by atoms with van der Waals surface area (Å²) < 4.78 is 5.32. The van der Waals surface area contributed by atoms with Crippen LogP contribution in [-0.4, -0.2) is 45.3 Å². The summed E-state index contributed by atoms with van der Waals surface area (Å²) in [4.78, 5) is 32.5. The highest BCUT2D eigenvalue weighted by Crippen LogP contribution is 2.34. The van der Waals surface area contributed by atoms with E-state index in [1.165, 1.54) is 21.7 Å². The molecule has 5 rings (SSSR count). The van der Waals surface area contributed by atoms with Crippen LogP contribution in [0.4, 0.5) is 5.69 Å². The van der Waals surface area contributed by atoms with Gasteiger partial charge in [0.05, 0.1) is 5.69 Å². The van der Waals surface area contributed by atoms with Crippen LogP contribution in [0.5, 0.6) is 0 Å². The molecule has 30 heavy (non-hydrogen) atoms. The van der Waals surface area contributed by atoms with E-state index in [0.717, 1.165) is 10.5 Å². The van der Waals surface area contributed by atoms with Crippen molar-refractivity contribution in [1.82, 2.24) is 15.1 Å². The summed E-state index contributed by atoms with van der Waals surface area (Å²) in [7, 11) is 0. The molecule has 2 atom stereocenters. The molecule has 10 heteroatoms. The topological polar surface area (TPSA) is 104 Å². The molecule has 150 valence electrons. The monoisotopic (exact) mass is 420 g/mol. The van der Waals surface area contributed by atoms with E-state index in [1.54, 1.807) is 6.07 Å². The standard InChI is InChI=1S/C20H16N6O3S/c1-30-14-9-5-8-13(10-14)26-19(27)16-17(20(26)28)25(24-22-16)11-15-21-18(23-29-15)12-6-3-2-4-7-12/h2-10,16-17H,11H2,1H3/t16-,17+/m0/s1. The number of thioether (sulfide) groups is 1. The molecular formula is C20H16N6O3S. The van der Waals surface area contributed by atoms with E-state index in [-0.39, 0.29) is 24.2 Å². The first-order chi connectivity index (χ1) is 14.7. The molecule has 0 bridgehead atoms. The lowest BCUT2D eigenvalue weighted by Crippen LogP contribution is -2.39. The van der Waals surface area contributed by atoms with Crippen LogP contribution in [-0.2, 0) is 16.1 Å². The number of hydrogen-bond donors (Lipinski definition) is 0. The summed E-state index contributed by atoms with van der Waals surface area (Å²) in [5.74, 6) is -0.0137. The first-order valence-electron chi connectivity index (χ1n) is 9.23. The predicted molar refractivity (Wildman–Crippen MR) is 108 cm³/mol. The van der Waals surface area contributed by atoms with Crippen molar-refractivity contribution in [1.29, 1.82) is 0 Å². The lowest BCUT2D eigenvalue weighted by atomic mass is 10.1. The van der Waals surface area contributed by atoms with Crippen LogP contribution in [0.1, 0.15) is 5.89 Å². The number of nitrogens with zero attached hydrogens (tertiary/aromatic N) is 6. The third kappa shape index (κ3) is 3.05. The van der Waals surface area contributed by atoms with Gasteiger partial charge in [0.2, 0.25) is 11.7 Å². The molecule has 3 aromatic rings. The fourth-order valence-electron chi connectivity index (χ4n) is 3.52. The molecule has 3 heterocycles. The third-order valence-corrected chi connectivity index (χ3v) is 5.69. The van der Waals surface area contributed by atoms with Crippen molar-refractivity contribution in [3.05, 3.63) is 60.5 Å². The SMILES string of the molecule is CSc1cccc(N2C(=O)[C@H]3N=NN(Cc4nc(-c5ccccc5)no4)[C@H]3C2=O)c1. The Morgan fingerprint density at radius 3 is 2.70 bits per heavy atom. The zero-order valence-electron chi connectivity index (χ0n) is 15.9. The number of anilines is 1. The van der Waals surface area contributed by atoms with Gasteiger partial charge in [0.15, 0.2) is 12.1 Å². The molecule has 9 nitrogen and oxygen atoms in total. The number of fused-ring (bicyclic) bond motifs is 1. The Kier molecular flexibility index (Phi) is 4.55. The van der Waals surface area contributed by atoms with Gasteiger partial charge in [-0.2, -0.15) is 10.1 Å². The van der Waals surface area contributed by atoms with Gasteiger partial charge < -0.3 is 4.52 Å². The molecule has 2 aliphatic heterocycles. The lowest BCUT2D eigenvalue weighted by Gasteiger charge is -2.19. The van der Waals surface area contributed by atoms with Crippen LogP contribution in [0.25, 0.3) is 11.4 Å². The van der Waals surface area contributed by atoms with Gasteiger partial charge in [-0.05, 0) is 24.5 Å². The highest BCUT2D eigenvalue weighted by Gasteiger charge is 2.55. The molecule has 1 aromatic heterocycles. The Hall–Kier alpha value is -3.53. The normalized spacial score (nSPS) is 20.3. The zero-order chi connectivity index (χ0) is 20.7. The second kappa shape index (κ2) is 7.38. The van der Waals surface area contributed by atoms with Crippen molar-refractivity contribution in [3.8, 4) is 11.4 Å². The van der Waals surface area contributed by atoms with E-state index in [0.29, 0.717) is 11.5 Å². The van der Waals surface area contributed by atoms with Crippen molar-refractivity contribution >= 4 is 29.3 Å². The summed E-state index contributed by atoms with van der Waals surface area (Å²) in [5.41, 5.74) is 1.35. The summed E-state index contributed by atoms with van der Waals surface area (Å²) in [6.07, 6.45) is 1.94. The smallest absolute Gasteiger partial charge is 0.263 e. The quantitative estimate of drug-likeness (QED) is 0.462. The molecule has 2 aliphatic rings. The molecule has 0 N–H and O–H groups in total. The number of carbonyl (C=O) groups is 2. The maximum atomic E-state index is 13.1. The largest absolute Gasteiger partial charge is 0.337 e. The Morgan fingerprint density at radius 1 is 1.07 bits per heavy atom. The third-order valence-electron chi connectivity index (χ3n) is 4.97. The van der Waals surface area contributed by atoms with Crippen LogP contribution < -0.4 is 4.90 Å². The van der Waals surface area contributed by atoms with Gasteiger partial charge in [-0.15, -0.1) is 11.8 Å². The van der Waals surface area contributed by atoms with Crippen molar-refractivity contribution in [3.63, 3.8) is 0 Å². The van der Waals surface area contributed by atoms with Crippen LogP contribution in [0.15, 0.2) is 74.4 Å². The second-order valence-electron chi connectivity index (χ2n) is 6.78. The van der Waals surface area contributed by atoms with Crippen LogP contribution >= 0.6 is 11.8 Å². The maximum absolute atomic E-state index is 13.1. The molecule has 2 aromatic carbocycles. The summed E-state index contributed by atoms with van der Waals surface area (Å²) >= 11 is 1.54. The molecule has 2 amide bonds. The molecule has 0 unspecified atom stereocenters. The Balaban J connectivity index is 1.37. The molecule has 0 spiro atoms. The zero-order valence-corrected chi connectivity index (χ0v) is 16.7. The minimum Gasteiger partial charge on any atom is -0.337 e. The fraction of sp³-hybridized carbons (Fsp3) is 0.200. The molecular weight excluding hydrogens is 404 g/mol. The van der Waals surface area contributed by atoms with Crippen LogP contribution in [0, 0.1) is 0 Å². The molecule has 1 saturated heterocycles. The maximum Gasteiger partial charge on any atom is 0.263 e.